The van der Waals surface area contributed by atoms with Crippen molar-refractivity contribution < 1.29 is 9.90 Å². The number of nitrogens with zero attached hydrogens (tertiary/aromatic N) is 1. The molecule has 1 atom stereocenters. The summed E-state index contributed by atoms with van der Waals surface area (Å²) in [7, 11) is 0. The third-order valence-corrected chi connectivity index (χ3v) is 3.60. The molecule has 0 saturated heterocycles. The van der Waals surface area contributed by atoms with Gasteiger partial charge in [-0.15, -0.1) is 11.3 Å². The standard InChI is InChI=1S/C14H25N3O2S/c1-5-10(6-7-18)15-12(19)17-13-16-11(9-20-13)8-14(2,3)4/h9-10,18H,5-8H2,1-4H3,(H2,15,16,17,19). The summed E-state index contributed by atoms with van der Waals surface area (Å²) >= 11 is 1.43. The molecule has 20 heavy (non-hydrogen) atoms. The zero-order chi connectivity index (χ0) is 15.2. The van der Waals surface area contributed by atoms with Crippen molar-refractivity contribution in [3.63, 3.8) is 0 Å². The van der Waals surface area contributed by atoms with Gasteiger partial charge in [0.2, 0.25) is 0 Å². The highest BCUT2D eigenvalue weighted by Crippen LogP contribution is 2.23. The highest BCUT2D eigenvalue weighted by atomic mass is 32.1. The zero-order valence-electron chi connectivity index (χ0n) is 12.7. The molecule has 1 aromatic rings. The van der Waals surface area contributed by atoms with Crippen LogP contribution in [0.1, 0.15) is 46.2 Å². The van der Waals surface area contributed by atoms with Crippen molar-refractivity contribution in [2.75, 3.05) is 11.9 Å². The van der Waals surface area contributed by atoms with Crippen LogP contribution in [0.5, 0.6) is 0 Å². The number of urea groups is 1. The molecular weight excluding hydrogens is 274 g/mol. The lowest BCUT2D eigenvalue weighted by atomic mass is 9.91. The van der Waals surface area contributed by atoms with Crippen LogP contribution in [0.25, 0.3) is 0 Å². The second-order valence-corrected chi connectivity index (χ2v) is 6.96. The fourth-order valence-corrected chi connectivity index (χ4v) is 2.55. The summed E-state index contributed by atoms with van der Waals surface area (Å²) in [5.41, 5.74) is 1.18. The molecule has 0 aliphatic rings. The molecule has 0 fully saturated rings. The fourth-order valence-electron chi connectivity index (χ4n) is 1.84. The SMILES string of the molecule is CCC(CCO)NC(=O)Nc1nc(CC(C)(C)C)cs1. The molecular formula is C14H25N3O2S. The molecule has 0 aliphatic heterocycles. The van der Waals surface area contributed by atoms with Crippen LogP contribution in [0.15, 0.2) is 5.38 Å². The largest absolute Gasteiger partial charge is 0.396 e. The van der Waals surface area contributed by atoms with E-state index in [4.69, 9.17) is 5.11 Å². The highest BCUT2D eigenvalue weighted by Gasteiger charge is 2.15. The Morgan fingerprint density at radius 2 is 2.20 bits per heavy atom. The number of aliphatic hydroxyl groups excluding tert-OH is 1. The molecule has 2 amide bonds. The molecule has 0 aromatic carbocycles. The lowest BCUT2D eigenvalue weighted by Crippen LogP contribution is -2.38. The predicted molar refractivity (Wildman–Crippen MR) is 83.2 cm³/mol. The minimum absolute atomic E-state index is 0.00555. The molecule has 114 valence electrons. The summed E-state index contributed by atoms with van der Waals surface area (Å²) in [6.07, 6.45) is 2.24. The van der Waals surface area contributed by atoms with Gasteiger partial charge in [0, 0.05) is 18.0 Å². The van der Waals surface area contributed by atoms with Crippen LogP contribution in [0.3, 0.4) is 0 Å². The molecule has 1 unspecified atom stereocenters. The third-order valence-electron chi connectivity index (χ3n) is 2.79. The van der Waals surface area contributed by atoms with E-state index in [1.165, 1.54) is 11.3 Å². The van der Waals surface area contributed by atoms with E-state index < -0.39 is 0 Å². The van der Waals surface area contributed by atoms with Gasteiger partial charge in [-0.3, -0.25) is 5.32 Å². The van der Waals surface area contributed by atoms with Crippen LogP contribution < -0.4 is 10.6 Å². The molecule has 1 aromatic heterocycles. The molecule has 0 spiro atoms. The van der Waals surface area contributed by atoms with E-state index in [9.17, 15) is 4.79 Å². The average molecular weight is 299 g/mol. The summed E-state index contributed by atoms with van der Waals surface area (Å²) in [6, 6.07) is -0.268. The highest BCUT2D eigenvalue weighted by molar-refractivity contribution is 7.13. The van der Waals surface area contributed by atoms with Crippen LogP contribution >= 0.6 is 11.3 Å². The van der Waals surface area contributed by atoms with E-state index in [1.54, 1.807) is 0 Å². The van der Waals surface area contributed by atoms with Crippen LogP contribution in [-0.2, 0) is 6.42 Å². The molecule has 6 heteroatoms. The number of rotatable bonds is 6. The minimum atomic E-state index is -0.262. The maximum Gasteiger partial charge on any atom is 0.321 e. The second kappa shape index (κ2) is 7.59. The Labute approximate surface area is 124 Å². The smallest absolute Gasteiger partial charge is 0.321 e. The number of anilines is 1. The number of nitrogens with one attached hydrogen (secondary N) is 2. The lowest BCUT2D eigenvalue weighted by Gasteiger charge is -2.16. The first-order chi connectivity index (χ1) is 9.34. The van der Waals surface area contributed by atoms with E-state index in [-0.39, 0.29) is 24.1 Å². The van der Waals surface area contributed by atoms with Gasteiger partial charge >= 0.3 is 6.03 Å². The van der Waals surface area contributed by atoms with Crippen LogP contribution in [0.2, 0.25) is 0 Å². The van der Waals surface area contributed by atoms with Gasteiger partial charge in [0.05, 0.1) is 5.69 Å². The molecule has 1 heterocycles. The summed E-state index contributed by atoms with van der Waals surface area (Å²) in [5, 5.41) is 17.1. The average Bonchev–Trinajstić information content (AvgIpc) is 2.73. The zero-order valence-corrected chi connectivity index (χ0v) is 13.5. The van der Waals surface area contributed by atoms with Gasteiger partial charge in [0.25, 0.3) is 0 Å². The van der Waals surface area contributed by atoms with Gasteiger partial charge in [-0.1, -0.05) is 27.7 Å². The van der Waals surface area contributed by atoms with Crippen LogP contribution in [0.4, 0.5) is 9.93 Å². The first-order valence-corrected chi connectivity index (χ1v) is 7.85. The minimum Gasteiger partial charge on any atom is -0.396 e. The molecule has 5 nitrogen and oxygen atoms in total. The lowest BCUT2D eigenvalue weighted by molar-refractivity contribution is 0.237. The van der Waals surface area contributed by atoms with Gasteiger partial charge < -0.3 is 10.4 Å². The topological polar surface area (TPSA) is 74.2 Å². The third kappa shape index (κ3) is 6.34. The monoisotopic (exact) mass is 299 g/mol. The summed E-state index contributed by atoms with van der Waals surface area (Å²) in [4.78, 5) is 16.2. The molecule has 0 radical (unpaired) electrons. The van der Waals surface area contributed by atoms with Gasteiger partial charge in [0.1, 0.15) is 0 Å². The molecule has 0 bridgehead atoms. The number of carbonyl (C=O) groups is 1. The Bertz CT molecular complexity index is 426. The number of amides is 2. The van der Waals surface area contributed by atoms with E-state index >= 15 is 0 Å². The normalized spacial score (nSPS) is 13.1. The molecule has 1 rings (SSSR count). The van der Waals surface area contributed by atoms with Gasteiger partial charge in [-0.2, -0.15) is 0 Å². The van der Waals surface area contributed by atoms with Crippen LogP contribution in [-0.4, -0.2) is 28.8 Å². The van der Waals surface area contributed by atoms with E-state index in [0.29, 0.717) is 11.6 Å². The van der Waals surface area contributed by atoms with E-state index in [0.717, 1.165) is 18.5 Å². The Balaban J connectivity index is 2.50. The Morgan fingerprint density at radius 3 is 2.75 bits per heavy atom. The Kier molecular flexibility index (Phi) is 6.42. The van der Waals surface area contributed by atoms with Gasteiger partial charge in [-0.25, -0.2) is 9.78 Å². The first-order valence-electron chi connectivity index (χ1n) is 6.97. The van der Waals surface area contributed by atoms with Gasteiger partial charge in [-0.05, 0) is 24.7 Å². The predicted octanol–water partition coefficient (Wildman–Crippen LogP) is 3.01. The van der Waals surface area contributed by atoms with Crippen molar-refractivity contribution in [2.45, 2.75) is 53.0 Å². The quantitative estimate of drug-likeness (QED) is 0.756. The Hall–Kier alpha value is -1.14. The van der Waals surface area contributed by atoms with E-state index in [2.05, 4.69) is 36.4 Å². The van der Waals surface area contributed by atoms with Crippen molar-refractivity contribution >= 4 is 22.5 Å². The number of hydrogen-bond acceptors (Lipinski definition) is 4. The maximum absolute atomic E-state index is 11.8. The van der Waals surface area contributed by atoms with Crippen LogP contribution in [0, 0.1) is 5.41 Å². The number of aliphatic hydroxyl groups is 1. The number of thiazole rings is 1. The van der Waals surface area contributed by atoms with Crippen molar-refractivity contribution in [1.29, 1.82) is 0 Å². The molecule has 0 saturated carbocycles. The number of carbonyl (C=O) groups excluding carboxylic acids is 1. The number of hydrogen-bond donors (Lipinski definition) is 3. The molecule has 3 N–H and O–H groups in total. The summed E-state index contributed by atoms with van der Waals surface area (Å²) < 4.78 is 0. The maximum atomic E-state index is 11.8. The van der Waals surface area contributed by atoms with E-state index in [1.807, 2.05) is 12.3 Å². The Morgan fingerprint density at radius 1 is 1.50 bits per heavy atom. The van der Waals surface area contributed by atoms with Crippen molar-refractivity contribution in [3.05, 3.63) is 11.1 Å². The number of aromatic nitrogens is 1. The van der Waals surface area contributed by atoms with Gasteiger partial charge in [0.15, 0.2) is 5.13 Å². The second-order valence-electron chi connectivity index (χ2n) is 6.10. The van der Waals surface area contributed by atoms with Crippen molar-refractivity contribution in [3.8, 4) is 0 Å². The summed E-state index contributed by atoms with van der Waals surface area (Å²) in [6.45, 7) is 8.53. The molecule has 0 aliphatic carbocycles. The fraction of sp³-hybridized carbons (Fsp3) is 0.714. The van der Waals surface area contributed by atoms with Crippen molar-refractivity contribution in [1.82, 2.24) is 10.3 Å². The van der Waals surface area contributed by atoms with Crippen molar-refractivity contribution in [2.24, 2.45) is 5.41 Å². The first kappa shape index (κ1) is 16.9. The summed E-state index contributed by atoms with van der Waals surface area (Å²) in [5.74, 6) is 0.